The molecule has 1 unspecified atom stereocenters. The van der Waals surface area contributed by atoms with Gasteiger partial charge in [-0.05, 0) is 58.7 Å². The van der Waals surface area contributed by atoms with Crippen molar-refractivity contribution in [2.75, 3.05) is 18.1 Å². The Bertz CT molecular complexity index is 1130. The van der Waals surface area contributed by atoms with Crippen LogP contribution in [0.15, 0.2) is 30.7 Å². The van der Waals surface area contributed by atoms with Gasteiger partial charge in [0.05, 0.1) is 24.6 Å². The predicted octanol–water partition coefficient (Wildman–Crippen LogP) is 4.13. The molecule has 33 heavy (non-hydrogen) atoms. The van der Waals surface area contributed by atoms with E-state index in [0.29, 0.717) is 17.1 Å². The molecular formula is C23H29FN6O3. The normalized spacial score (nSPS) is 17.2. The summed E-state index contributed by atoms with van der Waals surface area (Å²) in [4.78, 5) is 30.2. The zero-order chi connectivity index (χ0) is 23.6. The van der Waals surface area contributed by atoms with Crippen molar-refractivity contribution in [1.29, 1.82) is 0 Å². The molecule has 2 atom stereocenters. The van der Waals surface area contributed by atoms with E-state index in [4.69, 9.17) is 9.47 Å². The Morgan fingerprint density at radius 1 is 1.36 bits per heavy atom. The maximum absolute atomic E-state index is 14.2. The van der Waals surface area contributed by atoms with E-state index >= 15 is 0 Å². The van der Waals surface area contributed by atoms with Crippen LogP contribution in [0.5, 0.6) is 5.88 Å². The number of aromatic nitrogens is 4. The van der Waals surface area contributed by atoms with E-state index in [1.165, 1.54) is 6.07 Å². The number of carbonyl (C=O) groups excluding carboxylic acids is 1. The van der Waals surface area contributed by atoms with Crippen LogP contribution < -0.4 is 15.0 Å². The number of hydrogen-bond donors (Lipinski definition) is 2. The molecule has 9 nitrogen and oxygen atoms in total. The van der Waals surface area contributed by atoms with Crippen molar-refractivity contribution in [3.63, 3.8) is 0 Å². The van der Waals surface area contributed by atoms with Crippen LogP contribution in [0.1, 0.15) is 52.1 Å². The fourth-order valence-electron chi connectivity index (χ4n) is 3.90. The standard InChI is InChI=1S/C23H29FN6O3/c1-14(28-22(31)33-23(2,3)4)12-32-21-16(10-15(24)11-25-21)18-6-5-9-30(18)19-8-7-17-20(29-19)27-13-26-17/h7-8,10-11,13-14,18H,5-6,9,12H2,1-4H3,(H,28,31)(H,26,27,29)/t14?,18-/m1/s1. The van der Waals surface area contributed by atoms with Gasteiger partial charge in [0, 0.05) is 12.1 Å². The summed E-state index contributed by atoms with van der Waals surface area (Å²) in [7, 11) is 0. The highest BCUT2D eigenvalue weighted by atomic mass is 19.1. The largest absolute Gasteiger partial charge is 0.475 e. The monoisotopic (exact) mass is 456 g/mol. The molecule has 3 aromatic heterocycles. The van der Waals surface area contributed by atoms with Crippen molar-refractivity contribution in [2.24, 2.45) is 0 Å². The van der Waals surface area contributed by atoms with E-state index in [0.717, 1.165) is 36.9 Å². The molecule has 0 saturated carbocycles. The number of fused-ring (bicyclic) bond motifs is 1. The second kappa shape index (κ2) is 9.21. The van der Waals surface area contributed by atoms with Gasteiger partial charge >= 0.3 is 6.09 Å². The lowest BCUT2D eigenvalue weighted by molar-refractivity contribution is 0.0493. The summed E-state index contributed by atoms with van der Waals surface area (Å²) >= 11 is 0. The molecule has 176 valence electrons. The average molecular weight is 457 g/mol. The van der Waals surface area contributed by atoms with E-state index in [9.17, 15) is 9.18 Å². The van der Waals surface area contributed by atoms with Crippen molar-refractivity contribution in [1.82, 2.24) is 25.3 Å². The second-order valence-electron chi connectivity index (χ2n) is 9.20. The molecule has 1 amide bonds. The fourth-order valence-corrected chi connectivity index (χ4v) is 3.90. The molecule has 4 rings (SSSR count). The highest BCUT2D eigenvalue weighted by Crippen LogP contribution is 2.39. The predicted molar refractivity (Wildman–Crippen MR) is 122 cm³/mol. The number of imidazole rings is 1. The minimum Gasteiger partial charge on any atom is -0.475 e. The number of nitrogens with one attached hydrogen (secondary N) is 2. The molecule has 10 heteroatoms. The van der Waals surface area contributed by atoms with E-state index in [1.54, 1.807) is 34.0 Å². The van der Waals surface area contributed by atoms with Gasteiger partial charge in [0.25, 0.3) is 0 Å². The molecule has 3 aromatic rings. The number of ether oxygens (including phenoxy) is 2. The molecular weight excluding hydrogens is 427 g/mol. The SMILES string of the molecule is CC(COc1ncc(F)cc1[C@H]1CCCN1c1ccc2nc[nH]c2n1)NC(=O)OC(C)(C)C. The molecule has 1 saturated heterocycles. The second-order valence-corrected chi connectivity index (χ2v) is 9.20. The summed E-state index contributed by atoms with van der Waals surface area (Å²) in [6.07, 6.45) is 3.97. The molecule has 1 aliphatic heterocycles. The Morgan fingerprint density at radius 3 is 2.97 bits per heavy atom. The lowest BCUT2D eigenvalue weighted by Crippen LogP contribution is -2.40. The quantitative estimate of drug-likeness (QED) is 0.575. The maximum atomic E-state index is 14.2. The Kier molecular flexibility index (Phi) is 6.35. The first-order chi connectivity index (χ1) is 15.7. The number of halogens is 1. The Labute approximate surface area is 191 Å². The first kappa shape index (κ1) is 22.8. The Balaban J connectivity index is 1.49. The third-order valence-corrected chi connectivity index (χ3v) is 5.25. The topological polar surface area (TPSA) is 105 Å². The third kappa shape index (κ3) is 5.50. The molecule has 1 fully saturated rings. The summed E-state index contributed by atoms with van der Waals surface area (Å²) in [5.74, 6) is 0.694. The third-order valence-electron chi connectivity index (χ3n) is 5.25. The summed E-state index contributed by atoms with van der Waals surface area (Å²) in [5.41, 5.74) is 1.56. The molecule has 4 heterocycles. The lowest BCUT2D eigenvalue weighted by atomic mass is 10.1. The van der Waals surface area contributed by atoms with E-state index < -0.39 is 17.5 Å². The van der Waals surface area contributed by atoms with Crippen molar-refractivity contribution in [3.05, 3.63) is 42.1 Å². The molecule has 0 bridgehead atoms. The first-order valence-corrected chi connectivity index (χ1v) is 11.0. The van der Waals surface area contributed by atoms with Crippen LogP contribution in [0, 0.1) is 5.82 Å². The maximum Gasteiger partial charge on any atom is 0.407 e. The zero-order valence-electron chi connectivity index (χ0n) is 19.3. The minimum atomic E-state index is -0.588. The number of rotatable bonds is 6. The number of alkyl carbamates (subject to hydrolysis) is 1. The van der Waals surface area contributed by atoms with Gasteiger partial charge in [-0.1, -0.05) is 0 Å². The highest BCUT2D eigenvalue weighted by Gasteiger charge is 2.31. The smallest absolute Gasteiger partial charge is 0.407 e. The van der Waals surface area contributed by atoms with Gasteiger partial charge in [0.2, 0.25) is 5.88 Å². The fraction of sp³-hybridized carbons (Fsp3) is 0.478. The van der Waals surface area contributed by atoms with Crippen molar-refractivity contribution < 1.29 is 18.7 Å². The van der Waals surface area contributed by atoms with E-state index in [-0.39, 0.29) is 18.7 Å². The van der Waals surface area contributed by atoms with Crippen LogP contribution in [0.4, 0.5) is 15.0 Å². The summed E-state index contributed by atoms with van der Waals surface area (Å²) in [6, 6.07) is 4.83. The number of H-pyrrole nitrogens is 1. The molecule has 0 radical (unpaired) electrons. The lowest BCUT2D eigenvalue weighted by Gasteiger charge is -2.27. The van der Waals surface area contributed by atoms with Crippen molar-refractivity contribution in [2.45, 2.75) is 58.2 Å². The number of hydrogen-bond acceptors (Lipinski definition) is 7. The Morgan fingerprint density at radius 2 is 2.18 bits per heavy atom. The van der Waals surface area contributed by atoms with Crippen LogP contribution >= 0.6 is 0 Å². The molecule has 0 spiro atoms. The molecule has 1 aliphatic rings. The molecule has 2 N–H and O–H groups in total. The molecule has 0 aromatic carbocycles. The summed E-state index contributed by atoms with van der Waals surface area (Å²) < 4.78 is 25.4. The van der Waals surface area contributed by atoms with Crippen LogP contribution in [0.3, 0.4) is 0 Å². The summed E-state index contributed by atoms with van der Waals surface area (Å²) in [6.45, 7) is 8.15. The Hall–Kier alpha value is -3.43. The highest BCUT2D eigenvalue weighted by molar-refractivity contribution is 5.72. The zero-order valence-corrected chi connectivity index (χ0v) is 19.3. The van der Waals surface area contributed by atoms with Crippen LogP contribution in [-0.4, -0.2) is 50.8 Å². The van der Waals surface area contributed by atoms with E-state index in [2.05, 4.69) is 30.2 Å². The van der Waals surface area contributed by atoms with E-state index in [1.807, 2.05) is 12.1 Å². The number of anilines is 1. The number of nitrogens with zero attached hydrogens (tertiary/aromatic N) is 4. The van der Waals surface area contributed by atoms with Gasteiger partial charge in [-0.3, -0.25) is 0 Å². The number of carbonyl (C=O) groups is 1. The summed E-state index contributed by atoms with van der Waals surface area (Å²) in [5, 5.41) is 2.74. The van der Waals surface area contributed by atoms with Gasteiger partial charge in [0.15, 0.2) is 5.65 Å². The van der Waals surface area contributed by atoms with Crippen molar-refractivity contribution >= 4 is 23.1 Å². The van der Waals surface area contributed by atoms with Gasteiger partial charge in [-0.25, -0.2) is 24.1 Å². The van der Waals surface area contributed by atoms with Crippen LogP contribution in [-0.2, 0) is 4.74 Å². The van der Waals surface area contributed by atoms with Crippen LogP contribution in [0.2, 0.25) is 0 Å². The average Bonchev–Trinajstić information content (AvgIpc) is 3.40. The first-order valence-electron chi connectivity index (χ1n) is 11.0. The van der Waals surface area contributed by atoms with Gasteiger partial charge in [-0.15, -0.1) is 0 Å². The van der Waals surface area contributed by atoms with Crippen molar-refractivity contribution in [3.8, 4) is 5.88 Å². The van der Waals surface area contributed by atoms with Crippen LogP contribution in [0.25, 0.3) is 11.2 Å². The minimum absolute atomic E-state index is 0.134. The molecule has 0 aliphatic carbocycles. The van der Waals surface area contributed by atoms with Gasteiger partial charge < -0.3 is 24.7 Å². The number of amides is 1. The number of pyridine rings is 2. The number of aromatic amines is 1. The van der Waals surface area contributed by atoms with Gasteiger partial charge in [-0.2, -0.15) is 0 Å². The van der Waals surface area contributed by atoms with Gasteiger partial charge in [0.1, 0.15) is 29.4 Å².